The summed E-state index contributed by atoms with van der Waals surface area (Å²) in [4.78, 5) is -0.185. The van der Waals surface area contributed by atoms with E-state index in [4.69, 9.17) is 0 Å². The number of hydrogen-bond donors (Lipinski definition) is 1. The lowest BCUT2D eigenvalue weighted by molar-refractivity contribution is 0.463. The third-order valence-electron chi connectivity index (χ3n) is 1.03. The van der Waals surface area contributed by atoms with Gasteiger partial charge in [0.1, 0.15) is 10.1 Å². The molecule has 0 atom stereocenters. The van der Waals surface area contributed by atoms with Crippen molar-refractivity contribution in [1.29, 1.82) is 0 Å². The van der Waals surface area contributed by atoms with E-state index in [0.29, 0.717) is 0 Å². The molecule has 0 saturated carbocycles. The first-order chi connectivity index (χ1) is 4.61. The van der Waals surface area contributed by atoms with Crippen molar-refractivity contribution in [2.75, 3.05) is 0 Å². The molecule has 0 spiro atoms. The van der Waals surface area contributed by atoms with Crippen LogP contribution in [0.2, 0.25) is 0 Å². The number of benzene rings is 1. The summed E-state index contributed by atoms with van der Waals surface area (Å²) in [7, 11) is -4.25. The van der Waals surface area contributed by atoms with Gasteiger partial charge in [-0.05, 0) is 12.1 Å². The summed E-state index contributed by atoms with van der Waals surface area (Å²) in [6.45, 7) is 0. The largest absolute Gasteiger partial charge is 0.744 e. The lowest BCUT2D eigenvalue weighted by Crippen LogP contribution is -1.96. The van der Waals surface area contributed by atoms with E-state index >= 15 is 0 Å². The second-order valence-electron chi connectivity index (χ2n) is 1.77. The van der Waals surface area contributed by atoms with Gasteiger partial charge >= 0.3 is 0 Å². The number of quaternary nitrogens is 1. The van der Waals surface area contributed by atoms with Crippen molar-refractivity contribution in [2.24, 2.45) is 0 Å². The first kappa shape index (κ1) is 13.6. The van der Waals surface area contributed by atoms with E-state index < -0.39 is 10.1 Å². The Morgan fingerprint density at radius 3 is 1.75 bits per heavy atom. The molecule has 0 aliphatic carbocycles. The minimum Gasteiger partial charge on any atom is -0.744 e. The highest BCUT2D eigenvalue weighted by Crippen LogP contribution is 2.04. The van der Waals surface area contributed by atoms with Gasteiger partial charge in [-0.25, -0.2) is 8.42 Å². The molecule has 0 aliphatic rings. The van der Waals surface area contributed by atoms with Crippen LogP contribution in [0, 0.1) is 0 Å². The van der Waals surface area contributed by atoms with Crippen LogP contribution in [0.4, 0.5) is 0 Å². The Hall–Kier alpha value is -0.950. The summed E-state index contributed by atoms with van der Waals surface area (Å²) < 4.78 is 30.8. The molecule has 0 fully saturated rings. The quantitative estimate of drug-likeness (QED) is 0.637. The Morgan fingerprint density at radius 2 is 1.50 bits per heavy atom. The van der Waals surface area contributed by atoms with Gasteiger partial charge in [-0.3, -0.25) is 0 Å². The van der Waals surface area contributed by atoms with Gasteiger partial charge in [0, 0.05) is 0 Å². The van der Waals surface area contributed by atoms with Crippen molar-refractivity contribution >= 4 is 10.1 Å². The molecule has 0 saturated heterocycles. The molecule has 0 heterocycles. The van der Waals surface area contributed by atoms with Crippen molar-refractivity contribution in [1.82, 2.24) is 6.15 Å². The molecule has 70 valence electrons. The van der Waals surface area contributed by atoms with E-state index in [9.17, 15) is 13.0 Å². The number of rotatable bonds is 1. The van der Waals surface area contributed by atoms with Gasteiger partial charge in [0.15, 0.2) is 0 Å². The molecule has 0 aliphatic heterocycles. The average Bonchev–Trinajstić information content (AvgIpc) is 1.88. The lowest BCUT2D eigenvalue weighted by atomic mass is 10.4. The zero-order chi connectivity index (χ0) is 7.61. The van der Waals surface area contributed by atoms with E-state index in [1.807, 2.05) is 0 Å². The van der Waals surface area contributed by atoms with Crippen molar-refractivity contribution in [3.05, 3.63) is 30.3 Å². The van der Waals surface area contributed by atoms with Crippen LogP contribution in [0.1, 0.15) is 0 Å². The average molecular weight is 193 g/mol. The molecule has 0 unspecified atom stereocenters. The van der Waals surface area contributed by atoms with Gasteiger partial charge in [0.05, 0.1) is 4.90 Å². The molecular formula is C6H11NO4S. The highest BCUT2D eigenvalue weighted by Gasteiger charge is 1.95. The second-order valence-corrected chi connectivity index (χ2v) is 3.15. The third-order valence-corrected chi connectivity index (χ3v) is 1.88. The predicted octanol–water partition coefficient (Wildman–Crippen LogP) is 0.142. The Labute approximate surface area is 70.7 Å². The molecule has 0 radical (unpaired) electrons. The fourth-order valence-corrected chi connectivity index (χ4v) is 1.08. The minimum atomic E-state index is -4.25. The molecule has 0 amide bonds. The van der Waals surface area contributed by atoms with Crippen LogP contribution in [-0.4, -0.2) is 18.4 Å². The van der Waals surface area contributed by atoms with Gasteiger partial charge in [-0.2, -0.15) is 0 Å². The Morgan fingerprint density at radius 1 is 1.08 bits per heavy atom. The van der Waals surface area contributed by atoms with E-state index in [0.717, 1.165) is 0 Å². The smallest absolute Gasteiger partial charge is 0.124 e. The van der Waals surface area contributed by atoms with Crippen LogP contribution in [-0.2, 0) is 10.1 Å². The highest BCUT2D eigenvalue weighted by molar-refractivity contribution is 7.85. The topological polar surface area (TPSA) is 125 Å². The van der Waals surface area contributed by atoms with Gasteiger partial charge in [-0.15, -0.1) is 0 Å². The molecule has 6 heteroatoms. The fraction of sp³-hybridized carbons (Fsp3) is 0. The molecule has 6 N–H and O–H groups in total. The lowest BCUT2D eigenvalue weighted by Gasteiger charge is -2.04. The standard InChI is InChI=1S/C6H6O3S.H3N.H2O/c7-10(8,9)6-4-2-1-3-5-6;;/h1-5H,(H,7,8,9);1H3;1H2. The van der Waals surface area contributed by atoms with Gasteiger partial charge in [0.2, 0.25) is 0 Å². The molecule has 1 aromatic rings. The monoisotopic (exact) mass is 193 g/mol. The van der Waals surface area contributed by atoms with E-state index in [-0.39, 0.29) is 16.5 Å². The van der Waals surface area contributed by atoms with Crippen molar-refractivity contribution in [2.45, 2.75) is 4.90 Å². The Balaban J connectivity index is 0. The molecule has 0 bridgehead atoms. The van der Waals surface area contributed by atoms with E-state index in [1.165, 1.54) is 24.3 Å². The summed E-state index contributed by atoms with van der Waals surface area (Å²) in [5.74, 6) is 0. The Kier molecular flexibility index (Phi) is 5.49. The van der Waals surface area contributed by atoms with Crippen molar-refractivity contribution < 1.29 is 18.4 Å². The first-order valence-electron chi connectivity index (χ1n) is 2.61. The predicted molar refractivity (Wildman–Crippen MR) is 44.0 cm³/mol. The summed E-state index contributed by atoms with van der Waals surface area (Å²) in [5.41, 5.74) is 0. The minimum absolute atomic E-state index is 0. The highest BCUT2D eigenvalue weighted by atomic mass is 32.2. The van der Waals surface area contributed by atoms with Gasteiger partial charge < -0.3 is 16.2 Å². The summed E-state index contributed by atoms with van der Waals surface area (Å²) in [6.07, 6.45) is 0. The first-order valence-corrected chi connectivity index (χ1v) is 4.02. The zero-order valence-corrected chi connectivity index (χ0v) is 7.34. The van der Waals surface area contributed by atoms with Gasteiger partial charge in [-0.1, -0.05) is 18.2 Å². The molecule has 12 heavy (non-hydrogen) atoms. The Bertz CT molecular complexity index is 308. The molecule has 1 rings (SSSR count). The maximum atomic E-state index is 10.3. The normalized spacial score (nSPS) is 9.42. The van der Waals surface area contributed by atoms with Crippen molar-refractivity contribution in [3.8, 4) is 0 Å². The van der Waals surface area contributed by atoms with Gasteiger partial charge in [0.25, 0.3) is 0 Å². The van der Waals surface area contributed by atoms with E-state index in [1.54, 1.807) is 6.07 Å². The summed E-state index contributed by atoms with van der Waals surface area (Å²) in [6, 6.07) is 7.19. The van der Waals surface area contributed by atoms with Crippen LogP contribution in [0.3, 0.4) is 0 Å². The molecular weight excluding hydrogens is 182 g/mol. The SMILES string of the molecule is O.O=S(=O)([O-])c1ccccc1.[NH4+]. The molecule has 0 aromatic heterocycles. The fourth-order valence-electron chi connectivity index (χ4n) is 0.587. The maximum Gasteiger partial charge on any atom is 0.124 e. The number of hydrogen-bond acceptors (Lipinski definition) is 3. The van der Waals surface area contributed by atoms with Crippen LogP contribution in [0.15, 0.2) is 35.2 Å². The zero-order valence-electron chi connectivity index (χ0n) is 6.52. The summed E-state index contributed by atoms with van der Waals surface area (Å²) in [5, 5.41) is 0. The summed E-state index contributed by atoms with van der Waals surface area (Å²) >= 11 is 0. The molecule has 1 aromatic carbocycles. The maximum absolute atomic E-state index is 10.3. The van der Waals surface area contributed by atoms with Crippen LogP contribution in [0.25, 0.3) is 0 Å². The van der Waals surface area contributed by atoms with Crippen molar-refractivity contribution in [3.63, 3.8) is 0 Å². The molecule has 5 nitrogen and oxygen atoms in total. The van der Waals surface area contributed by atoms with Crippen LogP contribution < -0.4 is 6.15 Å². The van der Waals surface area contributed by atoms with Crippen LogP contribution >= 0.6 is 0 Å². The third kappa shape index (κ3) is 3.44. The van der Waals surface area contributed by atoms with Crippen LogP contribution in [0.5, 0.6) is 0 Å². The second kappa shape index (κ2) is 4.83. The van der Waals surface area contributed by atoms with E-state index in [2.05, 4.69) is 0 Å².